The topological polar surface area (TPSA) is 42.4 Å². The van der Waals surface area contributed by atoms with E-state index in [-0.39, 0.29) is 0 Å². The summed E-state index contributed by atoms with van der Waals surface area (Å²) in [5, 5.41) is 0.936. The molecule has 110 valence electrons. The van der Waals surface area contributed by atoms with Crippen molar-refractivity contribution in [3.8, 4) is 5.75 Å². The van der Waals surface area contributed by atoms with Gasteiger partial charge in [0.05, 0.1) is 12.7 Å². The first-order valence-electron chi connectivity index (χ1n) is 7.41. The van der Waals surface area contributed by atoms with Gasteiger partial charge in [0.1, 0.15) is 17.1 Å². The van der Waals surface area contributed by atoms with Gasteiger partial charge in [-0.15, -0.1) is 0 Å². The third-order valence-electron chi connectivity index (χ3n) is 4.25. The van der Waals surface area contributed by atoms with Gasteiger partial charge in [-0.2, -0.15) is 0 Å². The molecule has 2 heterocycles. The zero-order valence-electron chi connectivity index (χ0n) is 12.5. The standard InChI is InChI=1S/C17H20N2O2/c1-12-6-8-19(9-7-12)17-14(11-20)10-13-4-3-5-15(21-2)16(13)18-17/h3-5,10-12H,6-9H2,1-2H3. The predicted molar refractivity (Wildman–Crippen MR) is 84.3 cm³/mol. The van der Waals surface area contributed by atoms with Crippen LogP contribution < -0.4 is 9.64 Å². The van der Waals surface area contributed by atoms with E-state index in [4.69, 9.17) is 9.72 Å². The van der Waals surface area contributed by atoms with E-state index >= 15 is 0 Å². The lowest BCUT2D eigenvalue weighted by molar-refractivity contribution is 0.112. The number of para-hydroxylation sites is 1. The molecule has 0 unspecified atom stereocenters. The van der Waals surface area contributed by atoms with Gasteiger partial charge in [0.15, 0.2) is 6.29 Å². The maximum Gasteiger partial charge on any atom is 0.153 e. The highest BCUT2D eigenvalue weighted by Crippen LogP contribution is 2.30. The molecule has 0 aliphatic carbocycles. The highest BCUT2D eigenvalue weighted by molar-refractivity contribution is 5.94. The van der Waals surface area contributed by atoms with Crippen molar-refractivity contribution in [3.63, 3.8) is 0 Å². The van der Waals surface area contributed by atoms with Crippen molar-refractivity contribution in [2.75, 3.05) is 25.1 Å². The molecule has 1 aromatic carbocycles. The fourth-order valence-corrected chi connectivity index (χ4v) is 2.90. The average Bonchev–Trinajstić information content (AvgIpc) is 2.53. The normalized spacial score (nSPS) is 16.2. The number of aldehydes is 1. The number of carbonyl (C=O) groups excluding carboxylic acids is 1. The fourth-order valence-electron chi connectivity index (χ4n) is 2.90. The monoisotopic (exact) mass is 284 g/mol. The van der Waals surface area contributed by atoms with Crippen molar-refractivity contribution < 1.29 is 9.53 Å². The summed E-state index contributed by atoms with van der Waals surface area (Å²) in [5.74, 6) is 2.28. The summed E-state index contributed by atoms with van der Waals surface area (Å²) < 4.78 is 5.39. The number of hydrogen-bond donors (Lipinski definition) is 0. The van der Waals surface area contributed by atoms with Crippen LogP contribution in [0, 0.1) is 5.92 Å². The van der Waals surface area contributed by atoms with Crippen LogP contribution in [-0.4, -0.2) is 31.5 Å². The number of rotatable bonds is 3. The van der Waals surface area contributed by atoms with Crippen LogP contribution >= 0.6 is 0 Å². The minimum atomic E-state index is 0.658. The third-order valence-corrected chi connectivity index (χ3v) is 4.25. The number of ether oxygens (including phenoxy) is 1. The molecule has 2 aromatic rings. The van der Waals surface area contributed by atoms with Crippen molar-refractivity contribution >= 4 is 23.0 Å². The van der Waals surface area contributed by atoms with Crippen molar-refractivity contribution in [2.24, 2.45) is 5.92 Å². The van der Waals surface area contributed by atoms with Crippen LogP contribution in [0.5, 0.6) is 5.75 Å². The number of pyridine rings is 1. The first-order valence-corrected chi connectivity index (χ1v) is 7.41. The number of nitrogens with zero attached hydrogens (tertiary/aromatic N) is 2. The van der Waals surface area contributed by atoms with E-state index in [9.17, 15) is 4.79 Å². The molecule has 4 nitrogen and oxygen atoms in total. The van der Waals surface area contributed by atoms with Gasteiger partial charge in [0.2, 0.25) is 0 Å². The van der Waals surface area contributed by atoms with Crippen molar-refractivity contribution in [2.45, 2.75) is 19.8 Å². The Morgan fingerprint density at radius 1 is 1.33 bits per heavy atom. The largest absolute Gasteiger partial charge is 0.494 e. The zero-order valence-corrected chi connectivity index (χ0v) is 12.5. The molecule has 21 heavy (non-hydrogen) atoms. The molecule has 0 amide bonds. The molecule has 0 saturated carbocycles. The molecule has 4 heteroatoms. The molecule has 1 aliphatic heterocycles. The number of carbonyl (C=O) groups is 1. The number of fused-ring (bicyclic) bond motifs is 1. The Hall–Kier alpha value is -2.10. The quantitative estimate of drug-likeness (QED) is 0.811. The first-order chi connectivity index (χ1) is 10.2. The molecule has 0 spiro atoms. The van der Waals surface area contributed by atoms with E-state index in [0.29, 0.717) is 5.56 Å². The van der Waals surface area contributed by atoms with Gasteiger partial charge in [-0.3, -0.25) is 4.79 Å². The zero-order chi connectivity index (χ0) is 14.8. The number of benzene rings is 1. The van der Waals surface area contributed by atoms with Gasteiger partial charge in [-0.1, -0.05) is 19.1 Å². The maximum atomic E-state index is 11.4. The van der Waals surface area contributed by atoms with E-state index in [1.54, 1.807) is 7.11 Å². The second-order valence-corrected chi connectivity index (χ2v) is 5.72. The minimum absolute atomic E-state index is 0.658. The molecule has 0 atom stereocenters. The van der Waals surface area contributed by atoms with Crippen LogP contribution in [0.4, 0.5) is 5.82 Å². The molecule has 0 bridgehead atoms. The number of hydrogen-bond acceptors (Lipinski definition) is 4. The van der Waals surface area contributed by atoms with E-state index in [2.05, 4.69) is 11.8 Å². The second kappa shape index (κ2) is 5.72. The summed E-state index contributed by atoms with van der Waals surface area (Å²) in [6.45, 7) is 4.18. The maximum absolute atomic E-state index is 11.4. The van der Waals surface area contributed by atoms with Gasteiger partial charge in [0, 0.05) is 18.5 Å². The van der Waals surface area contributed by atoms with Crippen molar-refractivity contribution in [3.05, 3.63) is 29.8 Å². The molecular formula is C17H20N2O2. The molecule has 1 saturated heterocycles. The third kappa shape index (κ3) is 2.58. The van der Waals surface area contributed by atoms with Crippen LogP contribution in [0.25, 0.3) is 10.9 Å². The smallest absolute Gasteiger partial charge is 0.153 e. The molecule has 1 aromatic heterocycles. The van der Waals surface area contributed by atoms with Crippen molar-refractivity contribution in [1.29, 1.82) is 0 Å². The lowest BCUT2D eigenvalue weighted by atomic mass is 9.99. The Kier molecular flexibility index (Phi) is 3.78. The van der Waals surface area contributed by atoms with Crippen LogP contribution in [0.1, 0.15) is 30.1 Å². The van der Waals surface area contributed by atoms with Crippen LogP contribution in [0.2, 0.25) is 0 Å². The Morgan fingerprint density at radius 3 is 2.76 bits per heavy atom. The summed E-state index contributed by atoms with van der Waals surface area (Å²) in [7, 11) is 1.65. The SMILES string of the molecule is COc1cccc2cc(C=O)c(N3CCC(C)CC3)nc12. The minimum Gasteiger partial charge on any atom is -0.494 e. The van der Waals surface area contributed by atoms with Gasteiger partial charge < -0.3 is 9.64 Å². The van der Waals surface area contributed by atoms with E-state index in [0.717, 1.165) is 60.6 Å². The van der Waals surface area contributed by atoms with Crippen LogP contribution in [0.15, 0.2) is 24.3 Å². The summed E-state index contributed by atoms with van der Waals surface area (Å²) in [6.07, 6.45) is 3.19. The van der Waals surface area contributed by atoms with Crippen molar-refractivity contribution in [1.82, 2.24) is 4.98 Å². The average molecular weight is 284 g/mol. The van der Waals surface area contributed by atoms with Crippen LogP contribution in [0.3, 0.4) is 0 Å². The highest BCUT2D eigenvalue weighted by atomic mass is 16.5. The summed E-state index contributed by atoms with van der Waals surface area (Å²) in [6, 6.07) is 7.68. The van der Waals surface area contributed by atoms with E-state index in [1.165, 1.54) is 0 Å². The molecule has 3 rings (SSSR count). The molecule has 0 radical (unpaired) electrons. The predicted octanol–water partition coefficient (Wildman–Crippen LogP) is 3.29. The number of aromatic nitrogens is 1. The van der Waals surface area contributed by atoms with E-state index in [1.807, 2.05) is 24.3 Å². The number of anilines is 1. The van der Waals surface area contributed by atoms with Crippen LogP contribution in [-0.2, 0) is 0 Å². The lowest BCUT2D eigenvalue weighted by Crippen LogP contribution is -2.34. The molecular weight excluding hydrogens is 264 g/mol. The Bertz CT molecular complexity index is 661. The number of methoxy groups -OCH3 is 1. The Labute approximate surface area is 124 Å². The Balaban J connectivity index is 2.09. The van der Waals surface area contributed by atoms with Gasteiger partial charge >= 0.3 is 0 Å². The summed E-state index contributed by atoms with van der Waals surface area (Å²) in [5.41, 5.74) is 1.48. The fraction of sp³-hybridized carbons (Fsp3) is 0.412. The van der Waals surface area contributed by atoms with Gasteiger partial charge in [-0.25, -0.2) is 4.98 Å². The van der Waals surface area contributed by atoms with Gasteiger partial charge in [0.25, 0.3) is 0 Å². The second-order valence-electron chi connectivity index (χ2n) is 5.72. The molecule has 0 N–H and O–H groups in total. The molecule has 1 aliphatic rings. The van der Waals surface area contributed by atoms with Gasteiger partial charge in [-0.05, 0) is 30.9 Å². The molecule has 1 fully saturated rings. The lowest BCUT2D eigenvalue weighted by Gasteiger charge is -2.32. The number of piperidine rings is 1. The summed E-state index contributed by atoms with van der Waals surface area (Å²) >= 11 is 0. The van der Waals surface area contributed by atoms with E-state index < -0.39 is 0 Å². The summed E-state index contributed by atoms with van der Waals surface area (Å²) in [4.78, 5) is 18.4. The highest BCUT2D eigenvalue weighted by Gasteiger charge is 2.20. The Morgan fingerprint density at radius 2 is 2.10 bits per heavy atom. The first kappa shape index (κ1) is 13.9.